The number of ether oxygens (including phenoxy) is 2. The van der Waals surface area contributed by atoms with Crippen LogP contribution in [0.5, 0.6) is 5.75 Å². The van der Waals surface area contributed by atoms with Crippen molar-refractivity contribution in [3.05, 3.63) is 29.8 Å². The molecule has 1 aromatic carbocycles. The molecule has 0 radical (unpaired) electrons. The Morgan fingerprint density at radius 3 is 2.71 bits per heavy atom. The van der Waals surface area contributed by atoms with E-state index in [1.165, 1.54) is 18.4 Å². The monoisotopic (exact) mass is 235 g/mol. The average Bonchev–Trinajstić information content (AvgIpc) is 2.41. The van der Waals surface area contributed by atoms with E-state index < -0.39 is 0 Å². The summed E-state index contributed by atoms with van der Waals surface area (Å²) in [6.07, 6.45) is 2.56. The fourth-order valence-electron chi connectivity index (χ4n) is 2.22. The minimum Gasteiger partial charge on any atom is -0.491 e. The minimum absolute atomic E-state index is 0.612. The summed E-state index contributed by atoms with van der Waals surface area (Å²) in [6.45, 7) is 3.51. The van der Waals surface area contributed by atoms with Gasteiger partial charge < -0.3 is 14.8 Å². The molecule has 0 aliphatic carbocycles. The van der Waals surface area contributed by atoms with Crippen LogP contribution >= 0.6 is 0 Å². The summed E-state index contributed by atoms with van der Waals surface area (Å²) in [5.74, 6) is 1.59. The van der Waals surface area contributed by atoms with Gasteiger partial charge in [0, 0.05) is 13.7 Å². The summed E-state index contributed by atoms with van der Waals surface area (Å²) in [6, 6.07) is 8.47. The SMILES string of the molecule is COCCOc1ccc(C2CCCNC2)cc1. The van der Waals surface area contributed by atoms with Crippen LogP contribution in [0.15, 0.2) is 24.3 Å². The van der Waals surface area contributed by atoms with E-state index in [2.05, 4.69) is 29.6 Å². The molecule has 2 rings (SSSR count). The van der Waals surface area contributed by atoms with E-state index >= 15 is 0 Å². The van der Waals surface area contributed by atoms with Crippen molar-refractivity contribution < 1.29 is 9.47 Å². The van der Waals surface area contributed by atoms with Crippen LogP contribution in [0, 0.1) is 0 Å². The van der Waals surface area contributed by atoms with Crippen molar-refractivity contribution in [2.75, 3.05) is 33.4 Å². The molecule has 17 heavy (non-hydrogen) atoms. The lowest BCUT2D eigenvalue weighted by molar-refractivity contribution is 0.146. The number of methoxy groups -OCH3 is 1. The molecule has 1 N–H and O–H groups in total. The average molecular weight is 235 g/mol. The number of piperidine rings is 1. The van der Waals surface area contributed by atoms with Gasteiger partial charge in [-0.15, -0.1) is 0 Å². The third-order valence-corrected chi connectivity index (χ3v) is 3.20. The van der Waals surface area contributed by atoms with Gasteiger partial charge in [0.25, 0.3) is 0 Å². The third kappa shape index (κ3) is 3.72. The first-order valence-electron chi connectivity index (χ1n) is 6.32. The Balaban J connectivity index is 1.88. The van der Waals surface area contributed by atoms with Crippen molar-refractivity contribution in [1.29, 1.82) is 0 Å². The number of rotatable bonds is 5. The molecule has 0 saturated carbocycles. The van der Waals surface area contributed by atoms with E-state index in [0.717, 1.165) is 18.8 Å². The molecule has 0 bridgehead atoms. The molecule has 1 aliphatic rings. The molecular weight excluding hydrogens is 214 g/mol. The maximum absolute atomic E-state index is 5.55. The molecule has 0 aromatic heterocycles. The van der Waals surface area contributed by atoms with Crippen LogP contribution < -0.4 is 10.1 Å². The molecule has 94 valence electrons. The van der Waals surface area contributed by atoms with Gasteiger partial charge in [-0.1, -0.05) is 12.1 Å². The van der Waals surface area contributed by atoms with Crippen LogP contribution in [0.3, 0.4) is 0 Å². The van der Waals surface area contributed by atoms with Gasteiger partial charge in [-0.2, -0.15) is 0 Å². The van der Waals surface area contributed by atoms with Gasteiger partial charge in [-0.25, -0.2) is 0 Å². The van der Waals surface area contributed by atoms with Crippen molar-refractivity contribution in [3.8, 4) is 5.75 Å². The second-order valence-corrected chi connectivity index (χ2v) is 4.45. The molecule has 0 amide bonds. The van der Waals surface area contributed by atoms with Gasteiger partial charge in [-0.05, 0) is 43.0 Å². The van der Waals surface area contributed by atoms with Crippen molar-refractivity contribution in [2.24, 2.45) is 0 Å². The Hall–Kier alpha value is -1.06. The Labute approximate surface area is 103 Å². The first-order chi connectivity index (χ1) is 8.40. The zero-order chi connectivity index (χ0) is 11.9. The van der Waals surface area contributed by atoms with Gasteiger partial charge in [-0.3, -0.25) is 0 Å². The highest BCUT2D eigenvalue weighted by Crippen LogP contribution is 2.24. The molecule has 3 heteroatoms. The standard InChI is InChI=1S/C14H21NO2/c1-16-9-10-17-14-6-4-12(5-7-14)13-3-2-8-15-11-13/h4-7,13,15H,2-3,8-11H2,1H3. The fraction of sp³-hybridized carbons (Fsp3) is 0.571. The van der Waals surface area contributed by atoms with Crippen molar-refractivity contribution in [2.45, 2.75) is 18.8 Å². The summed E-state index contributed by atoms with van der Waals surface area (Å²) >= 11 is 0. The maximum atomic E-state index is 5.55. The summed E-state index contributed by atoms with van der Waals surface area (Å²) in [5, 5.41) is 3.44. The summed E-state index contributed by atoms with van der Waals surface area (Å²) < 4.78 is 10.5. The number of nitrogens with one attached hydrogen (secondary N) is 1. The van der Waals surface area contributed by atoms with E-state index in [0.29, 0.717) is 19.1 Å². The molecule has 1 saturated heterocycles. The zero-order valence-corrected chi connectivity index (χ0v) is 10.4. The highest BCUT2D eigenvalue weighted by Gasteiger charge is 2.14. The van der Waals surface area contributed by atoms with E-state index in [-0.39, 0.29) is 0 Å². The summed E-state index contributed by atoms with van der Waals surface area (Å²) in [7, 11) is 1.68. The van der Waals surface area contributed by atoms with Gasteiger partial charge in [0.05, 0.1) is 6.61 Å². The van der Waals surface area contributed by atoms with Gasteiger partial charge >= 0.3 is 0 Å². The second kappa shape index (κ2) is 6.62. The normalized spacial score (nSPS) is 20.2. The highest BCUT2D eigenvalue weighted by molar-refractivity contribution is 5.29. The Morgan fingerprint density at radius 1 is 1.24 bits per heavy atom. The highest BCUT2D eigenvalue weighted by atomic mass is 16.5. The zero-order valence-electron chi connectivity index (χ0n) is 10.4. The first kappa shape index (κ1) is 12.4. The third-order valence-electron chi connectivity index (χ3n) is 3.20. The largest absolute Gasteiger partial charge is 0.491 e. The molecule has 3 nitrogen and oxygen atoms in total. The lowest BCUT2D eigenvalue weighted by atomic mass is 9.92. The molecule has 0 spiro atoms. The predicted octanol–water partition coefficient (Wildman–Crippen LogP) is 2.18. The lowest BCUT2D eigenvalue weighted by Crippen LogP contribution is -2.28. The molecule has 1 atom stereocenters. The van der Waals surface area contributed by atoms with Crippen molar-refractivity contribution >= 4 is 0 Å². The van der Waals surface area contributed by atoms with Gasteiger partial charge in [0.2, 0.25) is 0 Å². The van der Waals surface area contributed by atoms with Crippen LogP contribution in [0.2, 0.25) is 0 Å². The van der Waals surface area contributed by atoms with Crippen molar-refractivity contribution in [3.63, 3.8) is 0 Å². The Morgan fingerprint density at radius 2 is 2.06 bits per heavy atom. The van der Waals surface area contributed by atoms with Crippen LogP contribution in [0.4, 0.5) is 0 Å². The first-order valence-corrected chi connectivity index (χ1v) is 6.32. The van der Waals surface area contributed by atoms with Crippen LogP contribution in [0.1, 0.15) is 24.3 Å². The minimum atomic E-state index is 0.612. The summed E-state index contributed by atoms with van der Waals surface area (Å²) in [4.78, 5) is 0. The van der Waals surface area contributed by atoms with Crippen molar-refractivity contribution in [1.82, 2.24) is 5.32 Å². The molecular formula is C14H21NO2. The van der Waals surface area contributed by atoms with Crippen LogP contribution in [-0.4, -0.2) is 33.4 Å². The lowest BCUT2D eigenvalue weighted by Gasteiger charge is -2.23. The topological polar surface area (TPSA) is 30.5 Å². The van der Waals surface area contributed by atoms with E-state index in [9.17, 15) is 0 Å². The fourth-order valence-corrected chi connectivity index (χ4v) is 2.22. The second-order valence-electron chi connectivity index (χ2n) is 4.45. The molecule has 1 heterocycles. The molecule has 1 aromatic rings. The molecule has 1 fully saturated rings. The predicted molar refractivity (Wildman–Crippen MR) is 68.7 cm³/mol. The van der Waals surface area contributed by atoms with Crippen LogP contribution in [-0.2, 0) is 4.74 Å². The van der Waals surface area contributed by atoms with E-state index in [4.69, 9.17) is 9.47 Å². The molecule has 1 aliphatic heterocycles. The Bertz CT molecular complexity index is 317. The quantitative estimate of drug-likeness (QED) is 0.793. The van der Waals surface area contributed by atoms with E-state index in [1.807, 2.05) is 0 Å². The van der Waals surface area contributed by atoms with E-state index in [1.54, 1.807) is 7.11 Å². The smallest absolute Gasteiger partial charge is 0.119 e. The Kier molecular flexibility index (Phi) is 4.83. The van der Waals surface area contributed by atoms with Gasteiger partial charge in [0.1, 0.15) is 12.4 Å². The molecule has 1 unspecified atom stereocenters. The maximum Gasteiger partial charge on any atom is 0.119 e. The van der Waals surface area contributed by atoms with Gasteiger partial charge in [0.15, 0.2) is 0 Å². The number of hydrogen-bond donors (Lipinski definition) is 1. The summed E-state index contributed by atoms with van der Waals surface area (Å²) in [5.41, 5.74) is 1.41. The number of hydrogen-bond acceptors (Lipinski definition) is 3. The number of benzene rings is 1. The van der Waals surface area contributed by atoms with Crippen LogP contribution in [0.25, 0.3) is 0 Å².